The van der Waals surface area contributed by atoms with Gasteiger partial charge in [0, 0.05) is 6.54 Å². The Labute approximate surface area is 165 Å². The molecule has 0 aliphatic carbocycles. The second kappa shape index (κ2) is 9.65. The summed E-state index contributed by atoms with van der Waals surface area (Å²) < 4.78 is 13.4. The zero-order valence-corrected chi connectivity index (χ0v) is 15.9. The van der Waals surface area contributed by atoms with Gasteiger partial charge >= 0.3 is 0 Å². The fourth-order valence-corrected chi connectivity index (χ4v) is 3.20. The number of hydrogen-bond acceptors (Lipinski definition) is 1. The van der Waals surface area contributed by atoms with E-state index in [9.17, 15) is 9.18 Å². The largest absolute Gasteiger partial charge is 0.351 e. The molecule has 0 spiro atoms. The molecule has 0 aromatic heterocycles. The van der Waals surface area contributed by atoms with E-state index in [1.807, 2.05) is 79.7 Å². The molecule has 3 heteroatoms. The quantitative estimate of drug-likeness (QED) is 0.576. The van der Waals surface area contributed by atoms with Crippen LogP contribution in [0.15, 0.2) is 91.0 Å². The van der Waals surface area contributed by atoms with E-state index in [1.54, 1.807) is 12.1 Å². The minimum atomic E-state index is -0.399. The van der Waals surface area contributed by atoms with E-state index in [0.717, 1.165) is 16.7 Å². The highest BCUT2D eigenvalue weighted by molar-refractivity contribution is 5.84. The molecule has 0 saturated carbocycles. The molecule has 0 bridgehead atoms. The lowest BCUT2D eigenvalue weighted by Crippen LogP contribution is -2.32. The van der Waals surface area contributed by atoms with Crippen molar-refractivity contribution in [2.24, 2.45) is 5.92 Å². The van der Waals surface area contributed by atoms with Gasteiger partial charge < -0.3 is 5.32 Å². The van der Waals surface area contributed by atoms with Crippen LogP contribution in [-0.2, 0) is 11.3 Å². The topological polar surface area (TPSA) is 29.1 Å². The molecule has 3 aromatic rings. The molecule has 0 unspecified atom stereocenters. The van der Waals surface area contributed by atoms with Crippen LogP contribution in [0.4, 0.5) is 4.39 Å². The van der Waals surface area contributed by atoms with Crippen molar-refractivity contribution in [2.75, 3.05) is 0 Å². The highest BCUT2D eigenvalue weighted by atomic mass is 19.1. The first-order valence-electron chi connectivity index (χ1n) is 9.44. The highest BCUT2D eigenvalue weighted by Crippen LogP contribution is 2.27. The van der Waals surface area contributed by atoms with Gasteiger partial charge in [-0.2, -0.15) is 0 Å². The molecule has 142 valence electrons. The van der Waals surface area contributed by atoms with Crippen LogP contribution >= 0.6 is 0 Å². The van der Waals surface area contributed by atoms with Gasteiger partial charge in [-0.05, 0) is 34.7 Å². The van der Waals surface area contributed by atoms with E-state index in [2.05, 4.69) is 5.32 Å². The number of carbonyl (C=O) groups excluding carboxylic acids is 1. The maximum absolute atomic E-state index is 13.4. The normalized spacial score (nSPS) is 13.2. The summed E-state index contributed by atoms with van der Waals surface area (Å²) in [6, 6.07) is 26.0. The molecular weight excluding hydrogens is 349 g/mol. The van der Waals surface area contributed by atoms with Crippen molar-refractivity contribution in [3.05, 3.63) is 114 Å². The highest BCUT2D eigenvalue weighted by Gasteiger charge is 2.25. The Morgan fingerprint density at radius 3 is 2.18 bits per heavy atom. The summed E-state index contributed by atoms with van der Waals surface area (Å²) in [4.78, 5) is 13.0. The van der Waals surface area contributed by atoms with Crippen LogP contribution in [0.1, 0.15) is 29.5 Å². The van der Waals surface area contributed by atoms with Crippen LogP contribution in [0.25, 0.3) is 6.08 Å². The Balaban J connectivity index is 1.78. The number of amides is 1. The van der Waals surface area contributed by atoms with Gasteiger partial charge in [0.2, 0.25) is 5.91 Å². The molecule has 2 atom stereocenters. The fourth-order valence-electron chi connectivity index (χ4n) is 3.20. The lowest BCUT2D eigenvalue weighted by Gasteiger charge is -2.22. The van der Waals surface area contributed by atoms with E-state index in [0.29, 0.717) is 6.54 Å². The first kappa shape index (κ1) is 19.6. The van der Waals surface area contributed by atoms with E-state index in [-0.39, 0.29) is 17.6 Å². The summed E-state index contributed by atoms with van der Waals surface area (Å²) in [5.74, 6) is -0.828. The molecule has 0 aliphatic heterocycles. The smallest absolute Gasteiger partial charge is 0.228 e. The average Bonchev–Trinajstić information content (AvgIpc) is 2.74. The molecule has 2 nitrogen and oxygen atoms in total. The summed E-state index contributed by atoms with van der Waals surface area (Å²) in [5.41, 5.74) is 2.93. The van der Waals surface area contributed by atoms with E-state index < -0.39 is 5.92 Å². The zero-order valence-electron chi connectivity index (χ0n) is 15.9. The number of carbonyl (C=O) groups is 1. The third kappa shape index (κ3) is 5.40. The monoisotopic (exact) mass is 373 g/mol. The molecule has 0 aliphatic rings. The Hall–Kier alpha value is -3.20. The number of benzene rings is 3. The van der Waals surface area contributed by atoms with E-state index in [4.69, 9.17) is 0 Å². The number of rotatable bonds is 7. The molecule has 0 radical (unpaired) electrons. The lowest BCUT2D eigenvalue weighted by atomic mass is 9.85. The lowest BCUT2D eigenvalue weighted by molar-refractivity contribution is -0.123. The summed E-state index contributed by atoms with van der Waals surface area (Å²) in [7, 11) is 0. The van der Waals surface area contributed by atoms with Gasteiger partial charge in [-0.1, -0.05) is 91.9 Å². The van der Waals surface area contributed by atoms with Gasteiger partial charge in [-0.25, -0.2) is 4.39 Å². The van der Waals surface area contributed by atoms with Crippen molar-refractivity contribution >= 4 is 12.0 Å². The van der Waals surface area contributed by atoms with Gasteiger partial charge in [0.15, 0.2) is 0 Å². The summed E-state index contributed by atoms with van der Waals surface area (Å²) >= 11 is 0. The van der Waals surface area contributed by atoms with Crippen LogP contribution < -0.4 is 5.32 Å². The number of nitrogens with one attached hydrogen (secondary N) is 1. The van der Waals surface area contributed by atoms with Gasteiger partial charge in [0.1, 0.15) is 5.82 Å². The minimum Gasteiger partial charge on any atom is -0.351 e. The standard InChI is InChI=1S/C25H24FNO/c1-19(12-13-20-8-4-2-5-9-20)24(22-14-16-23(26)17-15-22)25(28)27-18-21-10-6-3-7-11-21/h2-17,19,24H,18H2,1H3,(H,27,28)/b13-12+/t19-,24-/m0/s1. The average molecular weight is 373 g/mol. The van der Waals surface area contributed by atoms with Crippen LogP contribution in [0.3, 0.4) is 0 Å². The second-order valence-corrected chi connectivity index (χ2v) is 6.86. The summed E-state index contributed by atoms with van der Waals surface area (Å²) in [5, 5.41) is 3.02. The molecule has 0 fully saturated rings. The Bertz CT molecular complexity index is 904. The van der Waals surface area contributed by atoms with Crippen molar-refractivity contribution < 1.29 is 9.18 Å². The first-order valence-corrected chi connectivity index (χ1v) is 9.44. The third-order valence-corrected chi connectivity index (χ3v) is 4.74. The Morgan fingerprint density at radius 1 is 0.929 bits per heavy atom. The van der Waals surface area contributed by atoms with Crippen molar-refractivity contribution in [3.63, 3.8) is 0 Å². The van der Waals surface area contributed by atoms with E-state index in [1.165, 1.54) is 12.1 Å². The molecule has 0 saturated heterocycles. The van der Waals surface area contributed by atoms with Crippen LogP contribution in [-0.4, -0.2) is 5.91 Å². The molecule has 0 heterocycles. The summed E-state index contributed by atoms with van der Waals surface area (Å²) in [6.07, 6.45) is 4.05. The summed E-state index contributed by atoms with van der Waals surface area (Å²) in [6.45, 7) is 2.47. The molecule has 1 amide bonds. The van der Waals surface area contributed by atoms with Crippen molar-refractivity contribution in [1.82, 2.24) is 5.32 Å². The van der Waals surface area contributed by atoms with Crippen molar-refractivity contribution in [1.29, 1.82) is 0 Å². The predicted molar refractivity (Wildman–Crippen MR) is 112 cm³/mol. The molecular formula is C25H24FNO. The number of hydrogen-bond donors (Lipinski definition) is 1. The Morgan fingerprint density at radius 2 is 1.54 bits per heavy atom. The Kier molecular flexibility index (Phi) is 6.74. The second-order valence-electron chi connectivity index (χ2n) is 6.86. The van der Waals surface area contributed by atoms with Gasteiger partial charge in [0.05, 0.1) is 5.92 Å². The number of halogens is 1. The molecule has 3 rings (SSSR count). The molecule has 28 heavy (non-hydrogen) atoms. The van der Waals surface area contributed by atoms with E-state index >= 15 is 0 Å². The van der Waals surface area contributed by atoms with Crippen molar-refractivity contribution in [2.45, 2.75) is 19.4 Å². The number of allylic oxidation sites excluding steroid dienone is 1. The first-order chi connectivity index (χ1) is 13.6. The van der Waals surface area contributed by atoms with Crippen LogP contribution in [0, 0.1) is 11.7 Å². The zero-order chi connectivity index (χ0) is 19.8. The van der Waals surface area contributed by atoms with Gasteiger partial charge in [0.25, 0.3) is 0 Å². The fraction of sp³-hybridized carbons (Fsp3) is 0.160. The SMILES string of the molecule is C[C@@H](/C=C/c1ccccc1)[C@H](C(=O)NCc1ccccc1)c1ccc(F)cc1. The van der Waals surface area contributed by atoms with Crippen LogP contribution in [0.5, 0.6) is 0 Å². The van der Waals surface area contributed by atoms with Crippen LogP contribution in [0.2, 0.25) is 0 Å². The van der Waals surface area contributed by atoms with Gasteiger partial charge in [-0.3, -0.25) is 4.79 Å². The molecule has 3 aromatic carbocycles. The van der Waals surface area contributed by atoms with Gasteiger partial charge in [-0.15, -0.1) is 0 Å². The minimum absolute atomic E-state index is 0.0542. The third-order valence-electron chi connectivity index (χ3n) is 4.74. The van der Waals surface area contributed by atoms with Crippen molar-refractivity contribution in [3.8, 4) is 0 Å². The predicted octanol–water partition coefficient (Wildman–Crippen LogP) is 5.58. The maximum atomic E-state index is 13.4. The maximum Gasteiger partial charge on any atom is 0.228 e. The molecule has 1 N–H and O–H groups in total.